The van der Waals surface area contributed by atoms with Crippen LogP contribution in [-0.4, -0.2) is 76.2 Å². The molecule has 0 bridgehead atoms. The minimum absolute atomic E-state index is 0.222. The SMILES string of the molecule is CC=CC(C=CC)(C(=O)OCCN(C)C)C(C=CC)(C=CC)C(=O)OCCN(C)C. The molecule has 0 rings (SSSR count). The van der Waals surface area contributed by atoms with E-state index in [1.54, 1.807) is 48.6 Å². The van der Waals surface area contributed by atoms with Gasteiger partial charge in [-0.15, -0.1) is 0 Å². The molecular formula is C24H40N2O4. The topological polar surface area (TPSA) is 59.1 Å². The molecule has 0 atom stereocenters. The standard InChI is InChI=1S/C24H40N2O4/c1-9-13-23(14-10-2,21(27)29-19-17-25(5)6)24(15-11-3,16-12-4)22(28)30-20-18-26(7)8/h9-16H,17-20H2,1-8H3. The van der Waals surface area contributed by atoms with Crippen LogP contribution in [0, 0.1) is 10.8 Å². The van der Waals surface area contributed by atoms with E-state index < -0.39 is 22.8 Å². The van der Waals surface area contributed by atoms with Gasteiger partial charge in [-0.05, 0) is 55.9 Å². The Bertz CT molecular complexity index is 566. The first kappa shape index (κ1) is 27.8. The summed E-state index contributed by atoms with van der Waals surface area (Å²) >= 11 is 0. The van der Waals surface area contributed by atoms with Gasteiger partial charge in [0, 0.05) is 13.1 Å². The minimum atomic E-state index is -1.38. The van der Waals surface area contributed by atoms with Crippen molar-refractivity contribution in [1.29, 1.82) is 0 Å². The summed E-state index contributed by atoms with van der Waals surface area (Å²) in [5, 5.41) is 0. The van der Waals surface area contributed by atoms with Crippen LogP contribution in [0.25, 0.3) is 0 Å². The molecular weight excluding hydrogens is 380 g/mol. The lowest BCUT2D eigenvalue weighted by Crippen LogP contribution is -2.50. The maximum Gasteiger partial charge on any atom is 0.321 e. The number of esters is 2. The fraction of sp³-hybridized carbons (Fsp3) is 0.583. The number of carbonyl (C=O) groups is 2. The molecule has 0 unspecified atom stereocenters. The van der Waals surface area contributed by atoms with Gasteiger partial charge in [-0.25, -0.2) is 0 Å². The molecule has 0 aliphatic carbocycles. The number of hydrogen-bond acceptors (Lipinski definition) is 6. The Hall–Kier alpha value is -2.18. The van der Waals surface area contributed by atoms with Gasteiger partial charge < -0.3 is 19.3 Å². The molecule has 6 heteroatoms. The fourth-order valence-corrected chi connectivity index (χ4v) is 3.20. The third kappa shape index (κ3) is 7.26. The number of allylic oxidation sites excluding steroid dienone is 4. The molecule has 6 nitrogen and oxygen atoms in total. The molecule has 0 N–H and O–H groups in total. The molecule has 30 heavy (non-hydrogen) atoms. The highest BCUT2D eigenvalue weighted by molar-refractivity contribution is 5.95. The second-order valence-corrected chi connectivity index (χ2v) is 7.62. The number of likely N-dealkylation sites (N-methyl/N-ethyl adjacent to an activating group) is 2. The van der Waals surface area contributed by atoms with E-state index in [1.807, 2.05) is 65.7 Å². The van der Waals surface area contributed by atoms with E-state index in [0.717, 1.165) is 0 Å². The van der Waals surface area contributed by atoms with Gasteiger partial charge in [-0.3, -0.25) is 9.59 Å². The summed E-state index contributed by atoms with van der Waals surface area (Å²) in [6, 6.07) is 0. The smallest absolute Gasteiger partial charge is 0.321 e. The molecule has 0 saturated heterocycles. The largest absolute Gasteiger partial charge is 0.463 e. The average Bonchev–Trinajstić information content (AvgIpc) is 2.66. The molecule has 0 radical (unpaired) electrons. The summed E-state index contributed by atoms with van der Waals surface area (Å²) in [5.74, 6) is -0.998. The second kappa shape index (κ2) is 13.9. The van der Waals surface area contributed by atoms with Crippen LogP contribution in [0.4, 0.5) is 0 Å². The third-order valence-electron chi connectivity index (χ3n) is 4.62. The van der Waals surface area contributed by atoms with Gasteiger partial charge in [0.2, 0.25) is 0 Å². The second-order valence-electron chi connectivity index (χ2n) is 7.62. The first-order valence-electron chi connectivity index (χ1n) is 10.4. The lowest BCUT2D eigenvalue weighted by molar-refractivity contribution is -0.166. The molecule has 0 aromatic heterocycles. The summed E-state index contributed by atoms with van der Waals surface area (Å²) in [7, 11) is 7.63. The number of ether oxygens (including phenoxy) is 2. The summed E-state index contributed by atoms with van der Waals surface area (Å²) in [6.45, 7) is 8.89. The minimum Gasteiger partial charge on any atom is -0.463 e. The third-order valence-corrected chi connectivity index (χ3v) is 4.62. The van der Waals surface area contributed by atoms with E-state index in [2.05, 4.69) is 0 Å². The van der Waals surface area contributed by atoms with Crippen LogP contribution in [0.1, 0.15) is 27.7 Å². The zero-order valence-electron chi connectivity index (χ0n) is 20.0. The van der Waals surface area contributed by atoms with Crippen LogP contribution in [0.15, 0.2) is 48.6 Å². The van der Waals surface area contributed by atoms with Crippen LogP contribution in [-0.2, 0) is 19.1 Å². The van der Waals surface area contributed by atoms with Gasteiger partial charge in [0.15, 0.2) is 0 Å². The monoisotopic (exact) mass is 420 g/mol. The van der Waals surface area contributed by atoms with Crippen molar-refractivity contribution in [3.8, 4) is 0 Å². The van der Waals surface area contributed by atoms with Gasteiger partial charge in [0.1, 0.15) is 24.0 Å². The van der Waals surface area contributed by atoms with Crippen molar-refractivity contribution >= 4 is 11.9 Å². The Morgan fingerprint density at radius 3 is 1.10 bits per heavy atom. The number of rotatable bonds is 13. The van der Waals surface area contributed by atoms with Crippen molar-refractivity contribution in [3.63, 3.8) is 0 Å². The Balaban J connectivity index is 6.51. The van der Waals surface area contributed by atoms with E-state index in [1.165, 1.54) is 0 Å². The molecule has 0 spiro atoms. The van der Waals surface area contributed by atoms with Crippen molar-refractivity contribution in [1.82, 2.24) is 9.80 Å². The maximum absolute atomic E-state index is 13.5. The zero-order chi connectivity index (χ0) is 23.2. The lowest BCUT2D eigenvalue weighted by Gasteiger charge is -2.40. The fourth-order valence-electron chi connectivity index (χ4n) is 3.20. The normalized spacial score (nSPS) is 16.7. The first-order valence-corrected chi connectivity index (χ1v) is 10.4. The van der Waals surface area contributed by atoms with Crippen molar-refractivity contribution in [2.75, 3.05) is 54.5 Å². The van der Waals surface area contributed by atoms with E-state index in [0.29, 0.717) is 13.1 Å². The molecule has 0 aromatic carbocycles. The summed E-state index contributed by atoms with van der Waals surface area (Å²) in [4.78, 5) is 30.8. The highest BCUT2D eigenvalue weighted by Gasteiger charge is 2.57. The molecule has 170 valence electrons. The Kier molecular flexibility index (Phi) is 12.9. The number of nitrogens with zero attached hydrogens (tertiary/aromatic N) is 2. The van der Waals surface area contributed by atoms with Gasteiger partial charge in [0.25, 0.3) is 0 Å². The summed E-state index contributed by atoms with van der Waals surface area (Å²) < 4.78 is 11.3. The molecule has 0 saturated carbocycles. The van der Waals surface area contributed by atoms with E-state index in [9.17, 15) is 9.59 Å². The maximum atomic E-state index is 13.5. The molecule has 0 amide bonds. The van der Waals surface area contributed by atoms with Crippen LogP contribution in [0.3, 0.4) is 0 Å². The van der Waals surface area contributed by atoms with Crippen molar-refractivity contribution in [3.05, 3.63) is 48.6 Å². The van der Waals surface area contributed by atoms with Crippen molar-refractivity contribution < 1.29 is 19.1 Å². The van der Waals surface area contributed by atoms with E-state index >= 15 is 0 Å². The predicted molar refractivity (Wildman–Crippen MR) is 123 cm³/mol. The lowest BCUT2D eigenvalue weighted by atomic mass is 9.61. The molecule has 0 aliphatic rings. The van der Waals surface area contributed by atoms with Crippen LogP contribution in [0.5, 0.6) is 0 Å². The van der Waals surface area contributed by atoms with E-state index in [-0.39, 0.29) is 13.2 Å². The zero-order valence-corrected chi connectivity index (χ0v) is 20.0. The van der Waals surface area contributed by atoms with Crippen molar-refractivity contribution in [2.24, 2.45) is 10.8 Å². The molecule has 0 heterocycles. The van der Waals surface area contributed by atoms with Crippen LogP contribution >= 0.6 is 0 Å². The Morgan fingerprint density at radius 2 is 0.900 bits per heavy atom. The van der Waals surface area contributed by atoms with Gasteiger partial charge in [-0.1, -0.05) is 48.6 Å². The first-order chi connectivity index (χ1) is 14.2. The summed E-state index contributed by atoms with van der Waals surface area (Å²) in [5.41, 5.74) is -2.76. The number of carbonyl (C=O) groups excluding carboxylic acids is 2. The molecule has 0 fully saturated rings. The van der Waals surface area contributed by atoms with Crippen molar-refractivity contribution in [2.45, 2.75) is 27.7 Å². The average molecular weight is 421 g/mol. The molecule has 0 aromatic rings. The highest BCUT2D eigenvalue weighted by Crippen LogP contribution is 2.47. The highest BCUT2D eigenvalue weighted by atomic mass is 16.5. The van der Waals surface area contributed by atoms with Gasteiger partial charge in [-0.2, -0.15) is 0 Å². The van der Waals surface area contributed by atoms with Crippen LogP contribution < -0.4 is 0 Å². The Morgan fingerprint density at radius 1 is 0.633 bits per heavy atom. The summed E-state index contributed by atoms with van der Waals surface area (Å²) in [6.07, 6.45) is 13.9. The number of hydrogen-bond donors (Lipinski definition) is 0. The quantitative estimate of drug-likeness (QED) is 0.336. The van der Waals surface area contributed by atoms with E-state index in [4.69, 9.17) is 9.47 Å². The predicted octanol–water partition coefficient (Wildman–Crippen LogP) is 3.47. The van der Waals surface area contributed by atoms with Gasteiger partial charge in [0.05, 0.1) is 0 Å². The Labute approximate surface area is 182 Å². The van der Waals surface area contributed by atoms with Crippen LogP contribution in [0.2, 0.25) is 0 Å². The molecule has 0 aliphatic heterocycles. The van der Waals surface area contributed by atoms with Gasteiger partial charge >= 0.3 is 11.9 Å².